The van der Waals surface area contributed by atoms with E-state index in [4.69, 9.17) is 18.7 Å². The van der Waals surface area contributed by atoms with Crippen LogP contribution in [0.2, 0.25) is 0 Å². The van der Waals surface area contributed by atoms with Gasteiger partial charge in [-0.05, 0) is 104 Å². The predicted molar refractivity (Wildman–Crippen MR) is 203 cm³/mol. The highest BCUT2D eigenvalue weighted by Crippen LogP contribution is 2.46. The zero-order valence-corrected chi connectivity index (χ0v) is 25.9. The Morgan fingerprint density at radius 3 is 1.56 bits per heavy atom. The first-order valence-electron chi connectivity index (χ1n) is 20.7. The van der Waals surface area contributed by atoms with Crippen molar-refractivity contribution in [2.45, 2.75) is 6.92 Å². The van der Waals surface area contributed by atoms with Crippen molar-refractivity contribution in [1.82, 2.24) is 9.55 Å². The molecule has 0 aliphatic rings. The van der Waals surface area contributed by atoms with Crippen LogP contribution in [0.5, 0.6) is 0 Å². The highest BCUT2D eigenvalue weighted by molar-refractivity contribution is 6.22. The molecule has 0 aliphatic heterocycles. The second kappa shape index (κ2) is 11.5. The Morgan fingerprint density at radius 1 is 0.479 bits per heavy atom. The summed E-state index contributed by atoms with van der Waals surface area (Å²) >= 11 is 0. The number of rotatable bonds is 5. The standard InChI is InChI=1S/C46H32N2/c1-31-47-42-25-13-15-27-44(42)48(31)43-26-14-12-24-41(43)46-39-22-10-8-20-37(39)45(38-21-9-11-23-40(38)46)36-29-34(32-16-4-2-5-17-32)28-35(30-36)33-18-6-3-7-19-33/h2-30H,1H3/i2D,3D,4D,5D,6D,7D,16D,17D,18D,19D. The molecule has 0 spiro atoms. The summed E-state index contributed by atoms with van der Waals surface area (Å²) in [5.74, 6) is 0.837. The third kappa shape index (κ3) is 4.61. The zero-order chi connectivity index (χ0) is 40.7. The van der Waals surface area contributed by atoms with E-state index >= 15 is 0 Å². The van der Waals surface area contributed by atoms with Gasteiger partial charge in [0.15, 0.2) is 0 Å². The number of fused-ring (bicyclic) bond motifs is 3. The average Bonchev–Trinajstić information content (AvgIpc) is 3.58. The number of para-hydroxylation sites is 3. The van der Waals surface area contributed by atoms with Gasteiger partial charge in [-0.3, -0.25) is 4.57 Å². The van der Waals surface area contributed by atoms with Gasteiger partial charge in [0, 0.05) is 5.56 Å². The Hall–Kier alpha value is -6.25. The van der Waals surface area contributed by atoms with Gasteiger partial charge >= 0.3 is 0 Å². The molecular weight excluding hydrogens is 581 g/mol. The highest BCUT2D eigenvalue weighted by Gasteiger charge is 2.21. The summed E-state index contributed by atoms with van der Waals surface area (Å²) in [5.41, 5.74) is 6.43. The third-order valence-electron chi connectivity index (χ3n) is 8.87. The van der Waals surface area contributed by atoms with Crippen molar-refractivity contribution in [3.8, 4) is 50.2 Å². The van der Waals surface area contributed by atoms with Gasteiger partial charge in [-0.25, -0.2) is 4.98 Å². The van der Waals surface area contributed by atoms with Crippen LogP contribution in [0, 0.1) is 6.92 Å². The number of aromatic nitrogens is 2. The van der Waals surface area contributed by atoms with E-state index in [1.807, 2.05) is 73.7 Å². The van der Waals surface area contributed by atoms with Crippen LogP contribution < -0.4 is 0 Å². The van der Waals surface area contributed by atoms with Crippen molar-refractivity contribution in [1.29, 1.82) is 0 Å². The second-order valence-electron chi connectivity index (χ2n) is 11.6. The van der Waals surface area contributed by atoms with Gasteiger partial charge in [-0.2, -0.15) is 0 Å². The number of nitrogens with zero attached hydrogens (tertiary/aromatic N) is 2. The minimum Gasteiger partial charge on any atom is -0.296 e. The molecule has 0 radical (unpaired) electrons. The van der Waals surface area contributed by atoms with Crippen molar-refractivity contribution in [2.75, 3.05) is 0 Å². The molecular formula is C46H32N2. The number of hydrogen-bond donors (Lipinski definition) is 0. The Balaban J connectivity index is 1.41. The van der Waals surface area contributed by atoms with E-state index in [1.54, 1.807) is 12.1 Å². The number of aryl methyl sites for hydroxylation is 1. The van der Waals surface area contributed by atoms with Crippen LogP contribution in [0.25, 0.3) is 82.8 Å². The molecule has 1 heterocycles. The van der Waals surface area contributed by atoms with Crippen LogP contribution in [0.15, 0.2) is 176 Å². The Labute approximate surface area is 294 Å². The second-order valence-corrected chi connectivity index (χ2v) is 11.6. The van der Waals surface area contributed by atoms with E-state index in [2.05, 4.69) is 34.9 Å². The lowest BCUT2D eigenvalue weighted by atomic mass is 9.84. The van der Waals surface area contributed by atoms with Crippen molar-refractivity contribution in [3.05, 3.63) is 182 Å². The minimum atomic E-state index is -0.535. The van der Waals surface area contributed by atoms with E-state index in [0.717, 1.165) is 60.8 Å². The molecule has 0 amide bonds. The third-order valence-corrected chi connectivity index (χ3v) is 8.87. The number of benzene rings is 8. The van der Waals surface area contributed by atoms with Crippen LogP contribution in [-0.4, -0.2) is 9.55 Å². The fraction of sp³-hybridized carbons (Fsp3) is 0.0217. The maximum absolute atomic E-state index is 8.90. The first-order valence-corrected chi connectivity index (χ1v) is 15.7. The topological polar surface area (TPSA) is 17.8 Å². The molecule has 0 saturated carbocycles. The largest absolute Gasteiger partial charge is 0.296 e. The zero-order valence-electron chi connectivity index (χ0n) is 35.9. The summed E-state index contributed by atoms with van der Waals surface area (Å²) in [6.45, 7) is 1.99. The Bertz CT molecular complexity index is 3000. The van der Waals surface area contributed by atoms with Crippen molar-refractivity contribution >= 4 is 32.6 Å². The van der Waals surface area contributed by atoms with E-state index in [-0.39, 0.29) is 22.3 Å². The van der Waals surface area contributed by atoms with Gasteiger partial charge in [-0.1, -0.05) is 139 Å². The van der Waals surface area contributed by atoms with Gasteiger partial charge in [-0.15, -0.1) is 0 Å². The first-order chi connectivity index (χ1) is 27.9. The summed E-state index contributed by atoms with van der Waals surface area (Å²) in [6.07, 6.45) is 0. The lowest BCUT2D eigenvalue weighted by Gasteiger charge is -2.21. The van der Waals surface area contributed by atoms with Crippen molar-refractivity contribution < 1.29 is 13.7 Å². The van der Waals surface area contributed by atoms with Crippen LogP contribution >= 0.6 is 0 Å². The summed E-state index contributed by atoms with van der Waals surface area (Å²) < 4.78 is 88.1. The fourth-order valence-corrected chi connectivity index (χ4v) is 6.91. The molecule has 1 aromatic heterocycles. The molecule has 0 fully saturated rings. The molecule has 226 valence electrons. The van der Waals surface area contributed by atoms with Gasteiger partial charge in [0.05, 0.1) is 30.4 Å². The molecule has 0 bridgehead atoms. The Morgan fingerprint density at radius 2 is 0.958 bits per heavy atom. The lowest BCUT2D eigenvalue weighted by Crippen LogP contribution is -2.00. The van der Waals surface area contributed by atoms with Crippen molar-refractivity contribution in [3.63, 3.8) is 0 Å². The van der Waals surface area contributed by atoms with Gasteiger partial charge in [0.1, 0.15) is 5.82 Å². The van der Waals surface area contributed by atoms with E-state index < -0.39 is 60.4 Å². The van der Waals surface area contributed by atoms with Crippen LogP contribution in [0.3, 0.4) is 0 Å². The van der Waals surface area contributed by atoms with Gasteiger partial charge in [0.25, 0.3) is 0 Å². The molecule has 0 unspecified atom stereocenters. The molecule has 0 saturated heterocycles. The summed E-state index contributed by atoms with van der Waals surface area (Å²) in [7, 11) is 0. The summed E-state index contributed by atoms with van der Waals surface area (Å²) in [4.78, 5) is 4.87. The molecule has 0 N–H and O–H groups in total. The fourth-order valence-electron chi connectivity index (χ4n) is 6.91. The van der Waals surface area contributed by atoms with E-state index in [9.17, 15) is 0 Å². The molecule has 48 heavy (non-hydrogen) atoms. The van der Waals surface area contributed by atoms with Crippen LogP contribution in [0.1, 0.15) is 19.5 Å². The molecule has 8 aromatic carbocycles. The highest BCUT2D eigenvalue weighted by atomic mass is 15.1. The molecule has 0 atom stereocenters. The number of imidazole rings is 1. The summed E-state index contributed by atoms with van der Waals surface area (Å²) in [6, 6.07) is 32.5. The molecule has 2 heteroatoms. The monoisotopic (exact) mass is 622 g/mol. The SMILES string of the molecule is [2H]c1c([2H])c([2H])c(-c2cc(-c3c([2H])c([2H])c([2H])c([2H])c3[2H])cc(-c3c4ccccc4c(-c4ccccc4-n4c(C)nc5ccccc54)c4ccccc34)c2)c([2H])c1[2H]. The van der Waals surface area contributed by atoms with Crippen molar-refractivity contribution in [2.24, 2.45) is 0 Å². The number of hydrogen-bond acceptors (Lipinski definition) is 1. The maximum atomic E-state index is 8.90. The van der Waals surface area contributed by atoms with E-state index in [1.165, 1.54) is 6.07 Å². The van der Waals surface area contributed by atoms with Crippen LogP contribution in [-0.2, 0) is 0 Å². The normalized spacial score (nSPS) is 14.4. The minimum absolute atomic E-state index is 0.0662. The smallest absolute Gasteiger partial charge is 0.111 e. The lowest BCUT2D eigenvalue weighted by molar-refractivity contribution is 1.00. The maximum Gasteiger partial charge on any atom is 0.111 e. The predicted octanol–water partition coefficient (Wildman–Crippen LogP) is 12.3. The molecule has 0 aliphatic carbocycles. The quantitative estimate of drug-likeness (QED) is 0.175. The Kier molecular flexibility index (Phi) is 4.66. The molecule has 2 nitrogen and oxygen atoms in total. The molecule has 9 aromatic rings. The first kappa shape index (κ1) is 19.4. The van der Waals surface area contributed by atoms with Gasteiger partial charge < -0.3 is 0 Å². The molecule has 9 rings (SSSR count). The van der Waals surface area contributed by atoms with Crippen LogP contribution in [0.4, 0.5) is 0 Å². The van der Waals surface area contributed by atoms with E-state index in [0.29, 0.717) is 5.56 Å². The average molecular weight is 623 g/mol. The van der Waals surface area contributed by atoms with Gasteiger partial charge in [0.2, 0.25) is 0 Å². The summed E-state index contributed by atoms with van der Waals surface area (Å²) in [5, 5.41) is 3.54.